The second-order valence-electron chi connectivity index (χ2n) is 9.13. The molecule has 5 rings (SSSR count). The molecule has 1 spiro atoms. The van der Waals surface area contributed by atoms with Crippen LogP contribution in [0.25, 0.3) is 0 Å². The number of hydrogen-bond acceptors (Lipinski definition) is 5. The number of piperidine rings is 1. The number of anilines is 2. The number of aromatic nitrogens is 2. The van der Waals surface area contributed by atoms with Crippen molar-refractivity contribution in [3.8, 4) is 0 Å². The fourth-order valence-electron chi connectivity index (χ4n) is 5.72. The van der Waals surface area contributed by atoms with E-state index in [1.165, 1.54) is 54.0 Å². The van der Waals surface area contributed by atoms with E-state index in [1.807, 2.05) is 0 Å². The van der Waals surface area contributed by atoms with Gasteiger partial charge in [0, 0.05) is 48.5 Å². The molecule has 5 heteroatoms. The van der Waals surface area contributed by atoms with Gasteiger partial charge in [-0.25, -0.2) is 9.97 Å². The average molecular weight is 392 g/mol. The molecule has 3 heterocycles. The second kappa shape index (κ2) is 7.60. The van der Waals surface area contributed by atoms with Gasteiger partial charge >= 0.3 is 0 Å². The van der Waals surface area contributed by atoms with Crippen molar-refractivity contribution in [2.45, 2.75) is 63.8 Å². The van der Waals surface area contributed by atoms with Crippen molar-refractivity contribution < 1.29 is 0 Å². The van der Waals surface area contributed by atoms with Crippen LogP contribution in [0.15, 0.2) is 24.5 Å². The highest BCUT2D eigenvalue weighted by Gasteiger charge is 2.43. The van der Waals surface area contributed by atoms with Gasteiger partial charge in [0.15, 0.2) is 0 Å². The maximum absolute atomic E-state index is 4.74. The first-order chi connectivity index (χ1) is 14.2. The SMILES string of the molecule is CCCNCc1cccc2c1C1(CCN(c3ncnc4c3C(C)CC4)CC1)CN2. The van der Waals surface area contributed by atoms with Gasteiger partial charge in [0.2, 0.25) is 0 Å². The third kappa shape index (κ3) is 3.20. The maximum Gasteiger partial charge on any atom is 0.135 e. The maximum atomic E-state index is 4.74. The monoisotopic (exact) mass is 391 g/mol. The van der Waals surface area contributed by atoms with E-state index in [0.29, 0.717) is 5.92 Å². The molecule has 154 valence electrons. The molecule has 2 aliphatic heterocycles. The lowest BCUT2D eigenvalue weighted by atomic mass is 9.72. The number of aryl methyl sites for hydroxylation is 1. The number of hydrogen-bond donors (Lipinski definition) is 2. The Morgan fingerprint density at radius 1 is 1.24 bits per heavy atom. The normalized spacial score (nSPS) is 21.9. The molecule has 2 aromatic rings. The summed E-state index contributed by atoms with van der Waals surface area (Å²) in [6.07, 6.45) is 7.64. The van der Waals surface area contributed by atoms with Crippen LogP contribution in [0, 0.1) is 0 Å². The highest BCUT2D eigenvalue weighted by Crippen LogP contribution is 2.47. The van der Waals surface area contributed by atoms with E-state index >= 15 is 0 Å². The summed E-state index contributed by atoms with van der Waals surface area (Å²) in [6.45, 7) is 9.83. The Labute approximate surface area is 174 Å². The van der Waals surface area contributed by atoms with E-state index in [1.54, 1.807) is 11.9 Å². The van der Waals surface area contributed by atoms with E-state index in [4.69, 9.17) is 4.98 Å². The molecule has 29 heavy (non-hydrogen) atoms. The summed E-state index contributed by atoms with van der Waals surface area (Å²) in [4.78, 5) is 11.8. The van der Waals surface area contributed by atoms with Gasteiger partial charge in [-0.3, -0.25) is 0 Å². The lowest BCUT2D eigenvalue weighted by molar-refractivity contribution is 0.357. The van der Waals surface area contributed by atoms with Crippen molar-refractivity contribution in [3.05, 3.63) is 46.9 Å². The Morgan fingerprint density at radius 2 is 2.10 bits per heavy atom. The Kier molecular flexibility index (Phi) is 4.94. The van der Waals surface area contributed by atoms with Crippen molar-refractivity contribution in [1.29, 1.82) is 0 Å². The highest BCUT2D eigenvalue weighted by molar-refractivity contribution is 5.64. The molecule has 1 fully saturated rings. The van der Waals surface area contributed by atoms with Gasteiger partial charge in [0.25, 0.3) is 0 Å². The quantitative estimate of drug-likeness (QED) is 0.755. The number of nitrogens with zero attached hydrogens (tertiary/aromatic N) is 3. The zero-order chi connectivity index (χ0) is 19.8. The van der Waals surface area contributed by atoms with Gasteiger partial charge in [-0.1, -0.05) is 26.0 Å². The topological polar surface area (TPSA) is 53.1 Å². The van der Waals surface area contributed by atoms with Crippen molar-refractivity contribution in [1.82, 2.24) is 15.3 Å². The minimum absolute atomic E-state index is 0.262. The van der Waals surface area contributed by atoms with Gasteiger partial charge in [-0.05, 0) is 61.8 Å². The Bertz CT molecular complexity index is 885. The zero-order valence-corrected chi connectivity index (χ0v) is 17.8. The first-order valence-electron chi connectivity index (χ1n) is 11.4. The number of benzene rings is 1. The molecule has 2 N–H and O–H groups in total. The molecule has 1 aliphatic carbocycles. The standard InChI is InChI=1S/C24H33N5/c1-3-11-25-14-18-5-4-6-20-22(18)24(15-26-20)9-12-29(13-10-24)23-21-17(2)7-8-19(21)27-16-28-23/h4-6,16-17,25-26H,3,7-15H2,1-2H3. The molecule has 1 aromatic carbocycles. The minimum atomic E-state index is 0.262. The van der Waals surface area contributed by atoms with Crippen molar-refractivity contribution in [2.24, 2.45) is 0 Å². The summed E-state index contributed by atoms with van der Waals surface area (Å²) in [7, 11) is 0. The van der Waals surface area contributed by atoms with Gasteiger partial charge in [0.05, 0.1) is 0 Å². The summed E-state index contributed by atoms with van der Waals surface area (Å²) >= 11 is 0. The Morgan fingerprint density at radius 3 is 2.93 bits per heavy atom. The van der Waals surface area contributed by atoms with Crippen molar-refractivity contribution in [3.63, 3.8) is 0 Å². The lowest BCUT2D eigenvalue weighted by Crippen LogP contribution is -2.45. The lowest BCUT2D eigenvalue weighted by Gasteiger charge is -2.41. The Balaban J connectivity index is 1.38. The molecule has 1 aromatic heterocycles. The molecule has 1 atom stereocenters. The predicted octanol–water partition coefficient (Wildman–Crippen LogP) is 3.99. The van der Waals surface area contributed by atoms with E-state index in [2.05, 4.69) is 52.6 Å². The molecular formula is C24H33N5. The largest absolute Gasteiger partial charge is 0.384 e. The van der Waals surface area contributed by atoms with Crippen molar-refractivity contribution >= 4 is 11.5 Å². The van der Waals surface area contributed by atoms with E-state index in [-0.39, 0.29) is 5.41 Å². The van der Waals surface area contributed by atoms with Gasteiger partial charge in [0.1, 0.15) is 12.1 Å². The fourth-order valence-corrected chi connectivity index (χ4v) is 5.72. The van der Waals surface area contributed by atoms with Crippen LogP contribution in [0.1, 0.15) is 67.8 Å². The van der Waals surface area contributed by atoms with Crippen LogP contribution >= 0.6 is 0 Å². The van der Waals surface area contributed by atoms with E-state index in [0.717, 1.165) is 39.1 Å². The molecule has 1 saturated heterocycles. The number of rotatable bonds is 5. The van der Waals surface area contributed by atoms with Crippen LogP contribution in [-0.2, 0) is 18.4 Å². The smallest absolute Gasteiger partial charge is 0.135 e. The fraction of sp³-hybridized carbons (Fsp3) is 0.583. The highest BCUT2D eigenvalue weighted by atomic mass is 15.2. The van der Waals surface area contributed by atoms with Crippen molar-refractivity contribution in [2.75, 3.05) is 36.4 Å². The van der Waals surface area contributed by atoms with Crippen LogP contribution in [0.5, 0.6) is 0 Å². The minimum Gasteiger partial charge on any atom is -0.384 e. The molecular weight excluding hydrogens is 358 g/mol. The molecule has 0 bridgehead atoms. The van der Waals surface area contributed by atoms with Gasteiger partial charge in [-0.2, -0.15) is 0 Å². The molecule has 0 amide bonds. The van der Waals surface area contributed by atoms with Crippen LogP contribution in [0.2, 0.25) is 0 Å². The van der Waals surface area contributed by atoms with Gasteiger partial charge < -0.3 is 15.5 Å². The van der Waals surface area contributed by atoms with Crippen LogP contribution in [0.3, 0.4) is 0 Å². The third-order valence-corrected chi connectivity index (χ3v) is 7.31. The summed E-state index contributed by atoms with van der Waals surface area (Å²) in [5.74, 6) is 1.79. The number of nitrogens with one attached hydrogen (secondary N) is 2. The van der Waals surface area contributed by atoms with Crippen LogP contribution in [-0.4, -0.2) is 36.1 Å². The average Bonchev–Trinajstić information content (AvgIpc) is 3.31. The van der Waals surface area contributed by atoms with Crippen LogP contribution < -0.4 is 15.5 Å². The third-order valence-electron chi connectivity index (χ3n) is 7.31. The summed E-state index contributed by atoms with van der Waals surface area (Å²) in [6, 6.07) is 6.79. The summed E-state index contributed by atoms with van der Waals surface area (Å²) in [5.41, 5.74) is 7.36. The summed E-state index contributed by atoms with van der Waals surface area (Å²) < 4.78 is 0. The first kappa shape index (κ1) is 18.9. The molecule has 3 aliphatic rings. The first-order valence-corrected chi connectivity index (χ1v) is 11.4. The summed E-state index contributed by atoms with van der Waals surface area (Å²) in [5, 5.41) is 7.34. The molecule has 0 radical (unpaired) electrons. The zero-order valence-electron chi connectivity index (χ0n) is 17.8. The van der Waals surface area contributed by atoms with Gasteiger partial charge in [-0.15, -0.1) is 0 Å². The number of fused-ring (bicyclic) bond motifs is 3. The predicted molar refractivity (Wildman–Crippen MR) is 119 cm³/mol. The van der Waals surface area contributed by atoms with E-state index in [9.17, 15) is 0 Å². The van der Waals surface area contributed by atoms with Crippen LogP contribution in [0.4, 0.5) is 11.5 Å². The Hall–Kier alpha value is -2.14. The molecule has 5 nitrogen and oxygen atoms in total. The molecule has 1 unspecified atom stereocenters. The second-order valence-corrected chi connectivity index (χ2v) is 9.13. The molecule has 0 saturated carbocycles. The van der Waals surface area contributed by atoms with E-state index < -0.39 is 0 Å².